The average Bonchev–Trinajstić information content (AvgIpc) is 2.49. The summed E-state index contributed by atoms with van der Waals surface area (Å²) in [5.74, 6) is 0. The first kappa shape index (κ1) is 8.50. The highest BCUT2D eigenvalue weighted by atomic mass is 16.3. The lowest BCUT2D eigenvalue weighted by atomic mass is 9.86. The zero-order valence-corrected chi connectivity index (χ0v) is 6.58. The number of rotatable bonds is 3. The Morgan fingerprint density at radius 3 is 2.45 bits per heavy atom. The van der Waals surface area contributed by atoms with Gasteiger partial charge in [0.2, 0.25) is 0 Å². The van der Waals surface area contributed by atoms with Gasteiger partial charge in [-0.1, -0.05) is 24.3 Å². The summed E-state index contributed by atoms with van der Waals surface area (Å²) in [6, 6.07) is 0. The minimum Gasteiger partial charge on any atom is -0.396 e. The van der Waals surface area contributed by atoms with E-state index in [9.17, 15) is 0 Å². The van der Waals surface area contributed by atoms with Crippen molar-refractivity contribution in [1.82, 2.24) is 0 Å². The molecule has 0 aromatic rings. The largest absolute Gasteiger partial charge is 0.396 e. The van der Waals surface area contributed by atoms with Gasteiger partial charge in [0.05, 0.1) is 13.2 Å². The molecule has 0 unspecified atom stereocenters. The first-order valence-electron chi connectivity index (χ1n) is 3.79. The fourth-order valence-corrected chi connectivity index (χ4v) is 1.37. The van der Waals surface area contributed by atoms with Gasteiger partial charge in [-0.3, -0.25) is 0 Å². The van der Waals surface area contributed by atoms with Crippen LogP contribution < -0.4 is 0 Å². The van der Waals surface area contributed by atoms with Gasteiger partial charge in [0, 0.05) is 5.41 Å². The molecule has 1 aliphatic carbocycles. The van der Waals surface area contributed by atoms with Crippen LogP contribution in [0, 0.1) is 5.41 Å². The SMILES string of the molecule is C=CC1=CCC(CO)(CO)C1. The minimum absolute atomic E-state index is 0.0529. The Morgan fingerprint density at radius 1 is 1.55 bits per heavy atom. The molecule has 0 aromatic carbocycles. The van der Waals surface area contributed by atoms with Crippen LogP contribution in [0.25, 0.3) is 0 Å². The smallest absolute Gasteiger partial charge is 0.0515 e. The molecular formula is C9H14O2. The molecule has 2 N–H and O–H groups in total. The third-order valence-corrected chi connectivity index (χ3v) is 2.31. The standard InChI is InChI=1S/C9H14O2/c1-2-8-3-4-9(5-8,6-10)7-11/h2-3,10-11H,1,4-7H2. The second kappa shape index (κ2) is 3.20. The van der Waals surface area contributed by atoms with E-state index >= 15 is 0 Å². The van der Waals surface area contributed by atoms with Crippen molar-refractivity contribution in [2.75, 3.05) is 13.2 Å². The van der Waals surface area contributed by atoms with Gasteiger partial charge in [0.15, 0.2) is 0 Å². The molecule has 0 amide bonds. The molecule has 2 heteroatoms. The topological polar surface area (TPSA) is 40.5 Å². The molecule has 2 nitrogen and oxygen atoms in total. The Balaban J connectivity index is 2.61. The second-order valence-electron chi connectivity index (χ2n) is 3.18. The highest BCUT2D eigenvalue weighted by Gasteiger charge is 2.32. The molecule has 0 atom stereocenters. The summed E-state index contributed by atoms with van der Waals surface area (Å²) in [6.07, 6.45) is 5.33. The molecule has 0 bridgehead atoms. The van der Waals surface area contributed by atoms with Crippen molar-refractivity contribution < 1.29 is 10.2 Å². The summed E-state index contributed by atoms with van der Waals surface area (Å²) in [6.45, 7) is 3.75. The first-order valence-corrected chi connectivity index (χ1v) is 3.79. The summed E-state index contributed by atoms with van der Waals surface area (Å²) < 4.78 is 0. The van der Waals surface area contributed by atoms with Gasteiger partial charge in [-0.25, -0.2) is 0 Å². The normalized spacial score (nSPS) is 21.5. The summed E-state index contributed by atoms with van der Waals surface area (Å²) in [7, 11) is 0. The van der Waals surface area contributed by atoms with E-state index in [-0.39, 0.29) is 18.6 Å². The van der Waals surface area contributed by atoms with Crippen LogP contribution in [-0.4, -0.2) is 23.4 Å². The molecule has 1 aliphatic rings. The summed E-state index contributed by atoms with van der Waals surface area (Å²) in [5.41, 5.74) is 0.830. The van der Waals surface area contributed by atoms with E-state index in [4.69, 9.17) is 10.2 Å². The highest BCUT2D eigenvalue weighted by molar-refractivity contribution is 5.24. The Kier molecular flexibility index (Phi) is 2.47. The monoisotopic (exact) mass is 154 g/mol. The average molecular weight is 154 g/mol. The van der Waals surface area contributed by atoms with Gasteiger partial charge in [-0.15, -0.1) is 0 Å². The maximum Gasteiger partial charge on any atom is 0.0515 e. The van der Waals surface area contributed by atoms with Crippen molar-refractivity contribution in [2.24, 2.45) is 5.41 Å². The molecule has 0 saturated heterocycles. The van der Waals surface area contributed by atoms with E-state index in [0.29, 0.717) is 0 Å². The number of hydrogen-bond acceptors (Lipinski definition) is 2. The van der Waals surface area contributed by atoms with Gasteiger partial charge in [-0.2, -0.15) is 0 Å². The summed E-state index contributed by atoms with van der Waals surface area (Å²) >= 11 is 0. The lowest BCUT2D eigenvalue weighted by Gasteiger charge is -2.23. The maximum absolute atomic E-state index is 9.00. The van der Waals surface area contributed by atoms with E-state index in [1.807, 2.05) is 6.08 Å². The molecule has 0 aromatic heterocycles. The number of allylic oxidation sites excluding steroid dienone is 3. The van der Waals surface area contributed by atoms with Crippen molar-refractivity contribution in [3.05, 3.63) is 24.3 Å². The zero-order chi connectivity index (χ0) is 8.32. The molecule has 0 aliphatic heterocycles. The molecule has 0 spiro atoms. The van der Waals surface area contributed by atoms with Crippen LogP contribution in [0.2, 0.25) is 0 Å². The number of aliphatic hydroxyl groups is 2. The van der Waals surface area contributed by atoms with Gasteiger partial charge >= 0.3 is 0 Å². The van der Waals surface area contributed by atoms with Crippen molar-refractivity contribution in [3.63, 3.8) is 0 Å². The van der Waals surface area contributed by atoms with Gasteiger partial charge in [-0.05, 0) is 12.8 Å². The molecule has 62 valence electrons. The molecular weight excluding hydrogens is 140 g/mol. The lowest BCUT2D eigenvalue weighted by Crippen LogP contribution is -2.26. The van der Waals surface area contributed by atoms with Crippen LogP contribution in [0.3, 0.4) is 0 Å². The summed E-state index contributed by atoms with van der Waals surface area (Å²) in [5, 5.41) is 18.0. The maximum atomic E-state index is 9.00. The van der Waals surface area contributed by atoms with E-state index in [2.05, 4.69) is 6.58 Å². The van der Waals surface area contributed by atoms with Crippen molar-refractivity contribution in [3.8, 4) is 0 Å². The van der Waals surface area contributed by atoms with Crippen LogP contribution in [0.5, 0.6) is 0 Å². The lowest BCUT2D eigenvalue weighted by molar-refractivity contribution is 0.0645. The van der Waals surface area contributed by atoms with Crippen LogP contribution in [-0.2, 0) is 0 Å². The van der Waals surface area contributed by atoms with E-state index in [1.165, 1.54) is 0 Å². The number of aliphatic hydroxyl groups excluding tert-OH is 2. The van der Waals surface area contributed by atoms with E-state index < -0.39 is 0 Å². The number of hydrogen-bond donors (Lipinski definition) is 2. The van der Waals surface area contributed by atoms with Crippen LogP contribution in [0.15, 0.2) is 24.3 Å². The van der Waals surface area contributed by atoms with E-state index in [0.717, 1.165) is 18.4 Å². The van der Waals surface area contributed by atoms with Crippen LogP contribution in [0.4, 0.5) is 0 Å². The van der Waals surface area contributed by atoms with Crippen molar-refractivity contribution >= 4 is 0 Å². The minimum atomic E-state index is -0.302. The Bertz CT molecular complexity index is 178. The Hall–Kier alpha value is -0.600. The second-order valence-corrected chi connectivity index (χ2v) is 3.18. The van der Waals surface area contributed by atoms with Gasteiger partial charge < -0.3 is 10.2 Å². The van der Waals surface area contributed by atoms with Crippen LogP contribution in [0.1, 0.15) is 12.8 Å². The molecule has 11 heavy (non-hydrogen) atoms. The van der Waals surface area contributed by atoms with Crippen molar-refractivity contribution in [1.29, 1.82) is 0 Å². The third-order valence-electron chi connectivity index (χ3n) is 2.31. The molecule has 0 heterocycles. The fraction of sp³-hybridized carbons (Fsp3) is 0.556. The Labute approximate surface area is 66.9 Å². The van der Waals surface area contributed by atoms with Crippen LogP contribution >= 0.6 is 0 Å². The predicted molar refractivity (Wildman–Crippen MR) is 44.1 cm³/mol. The molecule has 1 rings (SSSR count). The zero-order valence-electron chi connectivity index (χ0n) is 6.58. The third kappa shape index (κ3) is 1.52. The van der Waals surface area contributed by atoms with E-state index in [1.54, 1.807) is 6.08 Å². The first-order chi connectivity index (χ1) is 5.26. The molecule has 0 fully saturated rings. The summed E-state index contributed by atoms with van der Waals surface area (Å²) in [4.78, 5) is 0. The highest BCUT2D eigenvalue weighted by Crippen LogP contribution is 2.36. The fourth-order valence-electron chi connectivity index (χ4n) is 1.37. The molecule has 0 radical (unpaired) electrons. The predicted octanol–water partition coefficient (Wildman–Crippen LogP) is 0.864. The van der Waals surface area contributed by atoms with Gasteiger partial charge in [0.25, 0.3) is 0 Å². The van der Waals surface area contributed by atoms with Crippen molar-refractivity contribution in [2.45, 2.75) is 12.8 Å². The molecule has 0 saturated carbocycles. The quantitative estimate of drug-likeness (QED) is 0.633. The van der Waals surface area contributed by atoms with Gasteiger partial charge in [0.1, 0.15) is 0 Å². The Morgan fingerprint density at radius 2 is 2.18 bits per heavy atom.